The lowest BCUT2D eigenvalue weighted by atomic mass is 10.0. The Labute approximate surface area is 248 Å². The lowest BCUT2D eigenvalue weighted by Gasteiger charge is -2.23. The number of carbonyl (C=O) groups is 1. The Morgan fingerprint density at radius 1 is 1.15 bits per heavy atom. The van der Waals surface area contributed by atoms with Gasteiger partial charge in [-0.1, -0.05) is 43.1 Å². The van der Waals surface area contributed by atoms with Crippen LogP contribution in [0, 0.1) is 6.92 Å². The highest BCUT2D eigenvalue weighted by Gasteiger charge is 2.27. The van der Waals surface area contributed by atoms with E-state index in [4.69, 9.17) is 33.9 Å². The Kier molecular flexibility index (Phi) is 9.29. The molecule has 0 saturated carbocycles. The van der Waals surface area contributed by atoms with Crippen LogP contribution in [0.1, 0.15) is 54.8 Å². The lowest BCUT2D eigenvalue weighted by molar-refractivity contribution is 0.0996. The first-order valence-electron chi connectivity index (χ1n) is 13.3. The molecule has 41 heavy (non-hydrogen) atoms. The zero-order valence-corrected chi connectivity index (χ0v) is 25.1. The van der Waals surface area contributed by atoms with Crippen LogP contribution in [-0.2, 0) is 7.05 Å². The van der Waals surface area contributed by atoms with Gasteiger partial charge in [-0.25, -0.2) is 19.9 Å². The van der Waals surface area contributed by atoms with E-state index in [9.17, 15) is 9.59 Å². The molecule has 2 unspecified atom stereocenters. The van der Waals surface area contributed by atoms with E-state index in [0.29, 0.717) is 46.6 Å². The summed E-state index contributed by atoms with van der Waals surface area (Å²) in [6.07, 6.45) is 3.91. The fourth-order valence-corrected chi connectivity index (χ4v) is 5.08. The smallest absolute Gasteiger partial charge is 0.269 e. The zero-order chi connectivity index (χ0) is 29.8. The van der Waals surface area contributed by atoms with E-state index in [-0.39, 0.29) is 28.5 Å². The number of anilines is 3. The van der Waals surface area contributed by atoms with Gasteiger partial charge in [0.05, 0.1) is 40.0 Å². The highest BCUT2D eigenvalue weighted by molar-refractivity contribution is 6.30. The van der Waals surface area contributed by atoms with Crippen LogP contribution in [0.15, 0.2) is 41.5 Å². The SMILES string of the molecule is CC.Cc1cc(C(C)Nc2ccc(Cl)nc2C(N)=O)c2nc(N3CCC(Nc4ncc(Cl)cn4)C3)n(C)c(=O)c2c1. The number of amides is 1. The van der Waals surface area contributed by atoms with Gasteiger partial charge in [0, 0.05) is 31.7 Å². The molecule has 0 radical (unpaired) electrons. The number of hydrogen-bond acceptors (Lipinski definition) is 9. The second-order valence-corrected chi connectivity index (χ2v) is 10.4. The molecule has 0 bridgehead atoms. The quantitative estimate of drug-likeness (QED) is 0.257. The summed E-state index contributed by atoms with van der Waals surface area (Å²) in [7, 11) is 1.73. The fraction of sp³-hybridized carbons (Fsp3) is 0.357. The van der Waals surface area contributed by atoms with Crippen molar-refractivity contribution in [2.45, 2.75) is 46.2 Å². The van der Waals surface area contributed by atoms with Gasteiger partial charge in [-0.15, -0.1) is 0 Å². The van der Waals surface area contributed by atoms with Crippen molar-refractivity contribution < 1.29 is 4.79 Å². The summed E-state index contributed by atoms with van der Waals surface area (Å²) in [5.74, 6) is 0.366. The summed E-state index contributed by atoms with van der Waals surface area (Å²) in [6.45, 7) is 9.17. The van der Waals surface area contributed by atoms with Crippen molar-refractivity contribution in [3.05, 3.63) is 74.0 Å². The summed E-state index contributed by atoms with van der Waals surface area (Å²) in [6, 6.07) is 6.79. The highest BCUT2D eigenvalue weighted by Crippen LogP contribution is 2.29. The van der Waals surface area contributed by atoms with Gasteiger partial charge < -0.3 is 21.3 Å². The van der Waals surface area contributed by atoms with Crippen molar-refractivity contribution in [3.63, 3.8) is 0 Å². The van der Waals surface area contributed by atoms with Crippen LogP contribution < -0.4 is 26.8 Å². The maximum Gasteiger partial charge on any atom is 0.269 e. The largest absolute Gasteiger partial charge is 0.377 e. The molecular formula is C28H33Cl2N9O2. The standard InChI is InChI=1S/C26H27Cl2N9O2.C2H6/c1-13-8-17(14(2)32-19-4-5-20(28)34-22(19)23(29)38)21-18(9-13)24(39)36(3)26(35-21)37-7-6-16(12-37)33-25-30-10-15(27)11-31-25;1-2/h4-5,8-11,14,16,32H,6-7,12H2,1-3H3,(H2,29,38)(H,30,31,33);1-2H3. The third-order valence-corrected chi connectivity index (χ3v) is 7.09. The number of hydrogen-bond donors (Lipinski definition) is 3. The number of pyridine rings is 1. The molecule has 4 N–H and O–H groups in total. The van der Waals surface area contributed by atoms with Crippen LogP contribution in [0.5, 0.6) is 0 Å². The van der Waals surface area contributed by atoms with Gasteiger partial charge >= 0.3 is 0 Å². The molecule has 1 aliphatic heterocycles. The minimum absolute atomic E-state index is 0.0381. The molecule has 0 aliphatic carbocycles. The van der Waals surface area contributed by atoms with Crippen LogP contribution in [0.25, 0.3) is 10.9 Å². The number of nitrogens with zero attached hydrogens (tertiary/aromatic N) is 6. The number of carbonyl (C=O) groups excluding carboxylic acids is 1. The Hall–Kier alpha value is -3.96. The number of aryl methyl sites for hydroxylation is 1. The fourth-order valence-electron chi connectivity index (χ4n) is 4.83. The summed E-state index contributed by atoms with van der Waals surface area (Å²) in [5, 5.41) is 7.77. The summed E-state index contributed by atoms with van der Waals surface area (Å²) in [5.41, 5.74) is 8.16. The van der Waals surface area contributed by atoms with Crippen LogP contribution >= 0.6 is 23.2 Å². The third-order valence-electron chi connectivity index (χ3n) is 6.69. The van der Waals surface area contributed by atoms with Gasteiger partial charge in [0.25, 0.3) is 11.5 Å². The molecule has 2 atom stereocenters. The number of primary amides is 1. The van der Waals surface area contributed by atoms with E-state index < -0.39 is 5.91 Å². The average Bonchev–Trinajstić information content (AvgIpc) is 3.42. The number of benzene rings is 1. The Morgan fingerprint density at radius 2 is 1.85 bits per heavy atom. The van der Waals surface area contributed by atoms with E-state index in [0.717, 1.165) is 17.5 Å². The van der Waals surface area contributed by atoms with Gasteiger partial charge in [-0.05, 0) is 44.0 Å². The van der Waals surface area contributed by atoms with Crippen LogP contribution in [0.4, 0.5) is 17.6 Å². The monoisotopic (exact) mass is 597 g/mol. The van der Waals surface area contributed by atoms with Crippen molar-refractivity contribution in [1.82, 2.24) is 24.5 Å². The molecule has 0 spiro atoms. The Morgan fingerprint density at radius 3 is 2.54 bits per heavy atom. The first-order valence-corrected chi connectivity index (χ1v) is 14.1. The van der Waals surface area contributed by atoms with Crippen LogP contribution in [-0.4, -0.2) is 49.5 Å². The van der Waals surface area contributed by atoms with Gasteiger partial charge in [-0.2, -0.15) is 0 Å². The topological polar surface area (TPSA) is 144 Å². The molecular weight excluding hydrogens is 565 g/mol. The molecule has 216 valence electrons. The second-order valence-electron chi connectivity index (χ2n) is 9.59. The number of nitrogens with two attached hydrogens (primary N) is 1. The van der Waals surface area contributed by atoms with Gasteiger partial charge in [0.15, 0.2) is 5.69 Å². The van der Waals surface area contributed by atoms with E-state index in [1.807, 2.05) is 39.8 Å². The van der Waals surface area contributed by atoms with Crippen molar-refractivity contribution >= 4 is 57.6 Å². The normalized spacial score (nSPS) is 15.3. The minimum Gasteiger partial charge on any atom is -0.377 e. The maximum atomic E-state index is 13.5. The number of aromatic nitrogens is 5. The average molecular weight is 599 g/mol. The molecule has 1 aromatic carbocycles. The molecule has 1 saturated heterocycles. The highest BCUT2D eigenvalue weighted by atomic mass is 35.5. The molecule has 1 fully saturated rings. The molecule has 1 amide bonds. The van der Waals surface area contributed by atoms with E-state index in [2.05, 4.69) is 30.5 Å². The van der Waals surface area contributed by atoms with Crippen LogP contribution in [0.2, 0.25) is 10.2 Å². The van der Waals surface area contributed by atoms with Crippen molar-refractivity contribution in [2.75, 3.05) is 28.6 Å². The van der Waals surface area contributed by atoms with Crippen molar-refractivity contribution in [1.29, 1.82) is 0 Å². The predicted molar refractivity (Wildman–Crippen MR) is 164 cm³/mol. The van der Waals surface area contributed by atoms with Crippen LogP contribution in [0.3, 0.4) is 0 Å². The lowest BCUT2D eigenvalue weighted by Crippen LogP contribution is -2.32. The summed E-state index contributed by atoms with van der Waals surface area (Å²) < 4.78 is 1.58. The van der Waals surface area contributed by atoms with Gasteiger partial charge in [-0.3, -0.25) is 14.2 Å². The molecule has 3 aromatic heterocycles. The zero-order valence-electron chi connectivity index (χ0n) is 23.6. The molecule has 4 heterocycles. The number of fused-ring (bicyclic) bond motifs is 1. The first kappa shape index (κ1) is 30.0. The van der Waals surface area contributed by atoms with Crippen molar-refractivity contribution in [3.8, 4) is 0 Å². The number of rotatable bonds is 7. The second kappa shape index (κ2) is 12.7. The first-order chi connectivity index (χ1) is 19.6. The molecule has 5 rings (SSSR count). The molecule has 11 nitrogen and oxygen atoms in total. The Balaban J connectivity index is 0.00000189. The third kappa shape index (κ3) is 6.52. The molecule has 1 aliphatic rings. The summed E-state index contributed by atoms with van der Waals surface area (Å²) in [4.78, 5) is 45.0. The van der Waals surface area contributed by atoms with Gasteiger partial charge in [0.2, 0.25) is 11.9 Å². The van der Waals surface area contributed by atoms with Crippen molar-refractivity contribution in [2.24, 2.45) is 12.8 Å². The number of nitrogens with one attached hydrogen (secondary N) is 2. The summed E-state index contributed by atoms with van der Waals surface area (Å²) >= 11 is 11.9. The minimum atomic E-state index is -0.697. The predicted octanol–water partition coefficient (Wildman–Crippen LogP) is 4.72. The van der Waals surface area contributed by atoms with E-state index >= 15 is 0 Å². The number of halogens is 2. The maximum absolute atomic E-state index is 13.5. The molecule has 4 aromatic rings. The molecule has 13 heteroatoms. The van der Waals surface area contributed by atoms with Gasteiger partial charge in [0.1, 0.15) is 5.15 Å². The van der Waals surface area contributed by atoms with E-state index in [1.165, 1.54) is 0 Å². The van der Waals surface area contributed by atoms with E-state index in [1.54, 1.807) is 36.1 Å². The Bertz CT molecular complexity index is 1630.